The van der Waals surface area contributed by atoms with Crippen molar-refractivity contribution < 1.29 is 14.4 Å². The number of aromatic amines is 1. The Morgan fingerprint density at radius 2 is 1.97 bits per heavy atom. The molecule has 7 nitrogen and oxygen atoms in total. The third-order valence-electron chi connectivity index (χ3n) is 6.91. The van der Waals surface area contributed by atoms with E-state index in [2.05, 4.69) is 46.1 Å². The first-order valence-corrected chi connectivity index (χ1v) is 10.5. The number of carbonyl (C=O) groups is 3. The second kappa shape index (κ2) is 6.61. The summed E-state index contributed by atoms with van der Waals surface area (Å²) in [7, 11) is 0. The van der Waals surface area contributed by atoms with Crippen LogP contribution in [-0.2, 0) is 22.4 Å². The summed E-state index contributed by atoms with van der Waals surface area (Å²) >= 11 is 0. The van der Waals surface area contributed by atoms with Crippen LogP contribution in [0.1, 0.15) is 48.9 Å². The van der Waals surface area contributed by atoms with Crippen molar-refractivity contribution in [2.24, 2.45) is 5.92 Å². The van der Waals surface area contributed by atoms with Crippen LogP contribution in [0.2, 0.25) is 0 Å². The third kappa shape index (κ3) is 3.09. The molecule has 1 aromatic carbocycles. The first-order valence-electron chi connectivity index (χ1n) is 10.5. The van der Waals surface area contributed by atoms with Crippen LogP contribution in [0, 0.1) is 12.8 Å². The molecular formula is C22H26N4O3. The van der Waals surface area contributed by atoms with Crippen molar-refractivity contribution in [1.82, 2.24) is 20.9 Å². The molecule has 29 heavy (non-hydrogen) atoms. The fourth-order valence-corrected chi connectivity index (χ4v) is 5.23. The molecule has 0 radical (unpaired) electrons. The van der Waals surface area contributed by atoms with Crippen LogP contribution in [0.3, 0.4) is 0 Å². The predicted molar refractivity (Wildman–Crippen MR) is 108 cm³/mol. The van der Waals surface area contributed by atoms with Crippen LogP contribution in [-0.4, -0.2) is 34.4 Å². The lowest BCUT2D eigenvalue weighted by Gasteiger charge is -2.34. The van der Waals surface area contributed by atoms with Crippen molar-refractivity contribution in [1.29, 1.82) is 0 Å². The molecule has 2 aliphatic carbocycles. The standard InChI is InChI=1S/C22H26N4O3/c1-12-2-4-17-15(10-12)16-11-14(3-5-18(16)24-17)23-19(27)13-6-8-22(9-7-13)20(28)25-21(29)26-22/h2,4,10,13-14,24H,3,5-9,11H2,1H3,(H,23,27)(H2,25,26,28,29). The van der Waals surface area contributed by atoms with Gasteiger partial charge in [0.15, 0.2) is 0 Å². The maximum absolute atomic E-state index is 12.9. The molecule has 1 atom stereocenters. The van der Waals surface area contributed by atoms with Crippen molar-refractivity contribution in [3.63, 3.8) is 0 Å². The second-order valence-corrected chi connectivity index (χ2v) is 8.84. The van der Waals surface area contributed by atoms with E-state index >= 15 is 0 Å². The largest absolute Gasteiger partial charge is 0.358 e. The number of amides is 4. The summed E-state index contributed by atoms with van der Waals surface area (Å²) in [5.74, 6) is -0.276. The van der Waals surface area contributed by atoms with Crippen molar-refractivity contribution in [3.8, 4) is 0 Å². The van der Waals surface area contributed by atoms with E-state index in [1.54, 1.807) is 0 Å². The molecule has 4 N–H and O–H groups in total. The summed E-state index contributed by atoms with van der Waals surface area (Å²) in [6.45, 7) is 2.10. The summed E-state index contributed by atoms with van der Waals surface area (Å²) < 4.78 is 0. The molecule has 7 heteroatoms. The Hall–Kier alpha value is -2.83. The summed E-state index contributed by atoms with van der Waals surface area (Å²) in [6.07, 6.45) is 4.97. The molecule has 1 saturated heterocycles. The highest BCUT2D eigenvalue weighted by Gasteiger charge is 2.49. The van der Waals surface area contributed by atoms with E-state index in [0.29, 0.717) is 25.7 Å². The molecule has 152 valence electrons. The number of nitrogens with one attached hydrogen (secondary N) is 4. The summed E-state index contributed by atoms with van der Waals surface area (Å²) in [5, 5.41) is 9.60. The van der Waals surface area contributed by atoms with Gasteiger partial charge in [-0.25, -0.2) is 4.79 Å². The van der Waals surface area contributed by atoms with E-state index in [4.69, 9.17) is 0 Å². The van der Waals surface area contributed by atoms with Crippen LogP contribution < -0.4 is 16.0 Å². The van der Waals surface area contributed by atoms with Crippen molar-refractivity contribution >= 4 is 28.7 Å². The number of hydrogen-bond acceptors (Lipinski definition) is 3. The van der Waals surface area contributed by atoms with Crippen LogP contribution >= 0.6 is 0 Å². The summed E-state index contributed by atoms with van der Waals surface area (Å²) in [5.41, 5.74) is 4.22. The normalized spacial score (nSPS) is 28.9. The third-order valence-corrected chi connectivity index (χ3v) is 6.91. The van der Waals surface area contributed by atoms with E-state index in [1.807, 2.05) is 0 Å². The van der Waals surface area contributed by atoms with Gasteiger partial charge in [-0.1, -0.05) is 11.6 Å². The van der Waals surface area contributed by atoms with Gasteiger partial charge in [-0.2, -0.15) is 0 Å². The fourth-order valence-electron chi connectivity index (χ4n) is 5.23. The van der Waals surface area contributed by atoms with E-state index in [1.165, 1.54) is 27.7 Å². The number of benzene rings is 1. The number of fused-ring (bicyclic) bond motifs is 3. The van der Waals surface area contributed by atoms with E-state index in [9.17, 15) is 14.4 Å². The first kappa shape index (κ1) is 18.2. The Morgan fingerprint density at radius 3 is 2.69 bits per heavy atom. The van der Waals surface area contributed by atoms with Gasteiger partial charge in [0.05, 0.1) is 0 Å². The lowest BCUT2D eigenvalue weighted by atomic mass is 9.76. The number of H-pyrrole nitrogens is 1. The van der Waals surface area contributed by atoms with E-state index in [0.717, 1.165) is 19.3 Å². The predicted octanol–water partition coefficient (Wildman–Crippen LogP) is 2.22. The van der Waals surface area contributed by atoms with Gasteiger partial charge in [0.1, 0.15) is 5.54 Å². The zero-order valence-electron chi connectivity index (χ0n) is 16.6. The minimum absolute atomic E-state index is 0.0778. The molecule has 1 aromatic heterocycles. The maximum Gasteiger partial charge on any atom is 0.322 e. The van der Waals surface area contributed by atoms with Gasteiger partial charge in [0.2, 0.25) is 5.91 Å². The topological polar surface area (TPSA) is 103 Å². The Kier molecular flexibility index (Phi) is 4.15. The van der Waals surface area contributed by atoms with Gasteiger partial charge in [-0.15, -0.1) is 0 Å². The van der Waals surface area contributed by atoms with Gasteiger partial charge in [-0.05, 0) is 69.6 Å². The molecular weight excluding hydrogens is 368 g/mol. The smallest absolute Gasteiger partial charge is 0.322 e. The van der Waals surface area contributed by atoms with Crippen LogP contribution in [0.25, 0.3) is 10.9 Å². The Morgan fingerprint density at radius 1 is 1.17 bits per heavy atom. The van der Waals surface area contributed by atoms with Crippen LogP contribution in [0.15, 0.2) is 18.2 Å². The number of aryl methyl sites for hydroxylation is 2. The molecule has 4 amide bonds. The Bertz CT molecular complexity index is 1020. The SMILES string of the molecule is Cc1ccc2[nH]c3c(c2c1)CC(NC(=O)C1CCC2(CC1)NC(=O)NC2=O)CC3. The highest BCUT2D eigenvalue weighted by Crippen LogP contribution is 2.35. The lowest BCUT2D eigenvalue weighted by molar-refractivity contribution is -0.130. The van der Waals surface area contributed by atoms with Gasteiger partial charge >= 0.3 is 6.03 Å². The van der Waals surface area contributed by atoms with Crippen LogP contribution in [0.5, 0.6) is 0 Å². The average Bonchev–Trinajstić information content (AvgIpc) is 3.18. The number of carbonyl (C=O) groups excluding carboxylic acids is 3. The van der Waals surface area contributed by atoms with Crippen LogP contribution in [0.4, 0.5) is 4.79 Å². The second-order valence-electron chi connectivity index (χ2n) is 8.84. The van der Waals surface area contributed by atoms with Gasteiger partial charge in [0.25, 0.3) is 5.91 Å². The zero-order valence-corrected chi connectivity index (χ0v) is 16.6. The monoisotopic (exact) mass is 394 g/mol. The number of rotatable bonds is 2. The summed E-state index contributed by atoms with van der Waals surface area (Å²) in [4.78, 5) is 40.0. The number of aromatic nitrogens is 1. The molecule has 2 aromatic rings. The molecule has 1 unspecified atom stereocenters. The first-order chi connectivity index (χ1) is 13.9. The van der Waals surface area contributed by atoms with Gasteiger partial charge in [0, 0.05) is 28.6 Å². The highest BCUT2D eigenvalue weighted by molar-refractivity contribution is 6.07. The molecule has 1 aliphatic heterocycles. The van der Waals surface area contributed by atoms with Crippen molar-refractivity contribution in [2.75, 3.05) is 0 Å². The molecule has 0 bridgehead atoms. The summed E-state index contributed by atoms with van der Waals surface area (Å²) in [6, 6.07) is 6.18. The van der Waals surface area contributed by atoms with E-state index < -0.39 is 11.6 Å². The minimum atomic E-state index is -0.810. The molecule has 5 rings (SSSR count). The number of imide groups is 1. The van der Waals surface area contributed by atoms with Gasteiger partial charge < -0.3 is 15.6 Å². The Labute approximate surface area is 169 Å². The number of urea groups is 1. The average molecular weight is 394 g/mol. The molecule has 1 spiro atoms. The lowest BCUT2D eigenvalue weighted by Crippen LogP contribution is -2.51. The van der Waals surface area contributed by atoms with E-state index in [-0.39, 0.29) is 23.8 Å². The molecule has 2 heterocycles. The minimum Gasteiger partial charge on any atom is -0.358 e. The van der Waals surface area contributed by atoms with Crippen molar-refractivity contribution in [2.45, 2.75) is 63.5 Å². The fraction of sp³-hybridized carbons (Fsp3) is 0.500. The maximum atomic E-state index is 12.9. The van der Waals surface area contributed by atoms with Gasteiger partial charge in [-0.3, -0.25) is 14.9 Å². The molecule has 1 saturated carbocycles. The van der Waals surface area contributed by atoms with Crippen molar-refractivity contribution in [3.05, 3.63) is 35.0 Å². The quantitative estimate of drug-likeness (QED) is 0.587. The highest BCUT2D eigenvalue weighted by atomic mass is 16.2. The Balaban J connectivity index is 1.23. The zero-order chi connectivity index (χ0) is 20.2. The number of hydrogen-bond donors (Lipinski definition) is 4. The molecule has 3 aliphatic rings. The molecule has 2 fully saturated rings.